The van der Waals surface area contributed by atoms with Crippen molar-refractivity contribution >= 4 is 5.97 Å². The number of hydrogen-bond acceptors (Lipinski definition) is 2. The number of carbonyl (C=O) groups excluding carboxylic acids is 1. The molecule has 0 N–H and O–H groups in total. The van der Waals surface area contributed by atoms with Crippen LogP contribution in [0.5, 0.6) is 0 Å². The van der Waals surface area contributed by atoms with Gasteiger partial charge < -0.3 is 4.74 Å². The first-order valence-corrected chi connectivity index (χ1v) is 5.72. The predicted octanol–water partition coefficient (Wildman–Crippen LogP) is 3.54. The smallest absolute Gasteiger partial charge is 0.309 e. The van der Waals surface area contributed by atoms with Crippen LogP contribution >= 0.6 is 0 Å². The molecular formula is C12H24O2. The van der Waals surface area contributed by atoms with Gasteiger partial charge in [0.1, 0.15) is 5.60 Å². The highest BCUT2D eigenvalue weighted by atomic mass is 16.6. The number of rotatable bonds is 1. The SMILES string of the molecule is CC.CC(C)(C)OC(=O)C1CCCC1. The Morgan fingerprint density at radius 2 is 1.57 bits per heavy atom. The first kappa shape index (κ1) is 13.5. The molecule has 0 unspecified atom stereocenters. The minimum Gasteiger partial charge on any atom is -0.460 e. The lowest BCUT2D eigenvalue weighted by Crippen LogP contribution is -2.27. The molecule has 0 saturated heterocycles. The summed E-state index contributed by atoms with van der Waals surface area (Å²) in [5.41, 5.74) is -0.320. The first-order chi connectivity index (χ1) is 6.49. The van der Waals surface area contributed by atoms with Gasteiger partial charge in [-0.3, -0.25) is 4.79 Å². The van der Waals surface area contributed by atoms with Crippen LogP contribution in [0.25, 0.3) is 0 Å². The zero-order valence-electron chi connectivity index (χ0n) is 10.2. The summed E-state index contributed by atoms with van der Waals surface area (Å²) in [5, 5.41) is 0. The molecule has 0 aliphatic heterocycles. The minimum absolute atomic E-state index is 0.000000000000000666. The first-order valence-electron chi connectivity index (χ1n) is 5.72. The van der Waals surface area contributed by atoms with E-state index in [0.29, 0.717) is 0 Å². The summed E-state index contributed by atoms with van der Waals surface area (Å²) in [6.45, 7) is 9.75. The van der Waals surface area contributed by atoms with E-state index in [1.165, 1.54) is 12.8 Å². The quantitative estimate of drug-likeness (QED) is 0.605. The average Bonchev–Trinajstić information content (AvgIpc) is 2.56. The zero-order chi connectivity index (χ0) is 11.2. The van der Waals surface area contributed by atoms with Gasteiger partial charge in [-0.2, -0.15) is 0 Å². The van der Waals surface area contributed by atoms with Gasteiger partial charge in [-0.1, -0.05) is 26.7 Å². The summed E-state index contributed by atoms with van der Waals surface area (Å²) in [7, 11) is 0. The van der Waals surface area contributed by atoms with Crippen molar-refractivity contribution in [3.8, 4) is 0 Å². The van der Waals surface area contributed by atoms with E-state index in [4.69, 9.17) is 4.74 Å². The highest BCUT2D eigenvalue weighted by Crippen LogP contribution is 2.27. The Morgan fingerprint density at radius 1 is 1.14 bits per heavy atom. The maximum atomic E-state index is 11.4. The molecule has 0 bridgehead atoms. The Bertz CT molecular complexity index is 162. The van der Waals surface area contributed by atoms with Gasteiger partial charge in [0.05, 0.1) is 5.92 Å². The maximum Gasteiger partial charge on any atom is 0.309 e. The monoisotopic (exact) mass is 200 g/mol. The van der Waals surface area contributed by atoms with Crippen LogP contribution in [0, 0.1) is 5.92 Å². The van der Waals surface area contributed by atoms with Crippen LogP contribution in [0.2, 0.25) is 0 Å². The van der Waals surface area contributed by atoms with Crippen molar-refractivity contribution in [2.45, 2.75) is 65.9 Å². The van der Waals surface area contributed by atoms with Gasteiger partial charge in [-0.05, 0) is 33.6 Å². The molecule has 1 fully saturated rings. The van der Waals surface area contributed by atoms with E-state index >= 15 is 0 Å². The molecular weight excluding hydrogens is 176 g/mol. The van der Waals surface area contributed by atoms with Gasteiger partial charge in [0.2, 0.25) is 0 Å². The fourth-order valence-electron chi connectivity index (χ4n) is 1.55. The molecule has 84 valence electrons. The highest BCUT2D eigenvalue weighted by molar-refractivity contribution is 5.73. The minimum atomic E-state index is -0.320. The van der Waals surface area contributed by atoms with Gasteiger partial charge in [-0.15, -0.1) is 0 Å². The molecule has 0 radical (unpaired) electrons. The summed E-state index contributed by atoms with van der Waals surface area (Å²) in [4.78, 5) is 11.4. The molecule has 0 spiro atoms. The Hall–Kier alpha value is -0.530. The van der Waals surface area contributed by atoms with Crippen molar-refractivity contribution in [1.29, 1.82) is 0 Å². The normalized spacial score (nSPS) is 17.2. The molecule has 0 atom stereocenters. The molecule has 0 amide bonds. The number of ether oxygens (including phenoxy) is 1. The van der Waals surface area contributed by atoms with E-state index in [1.807, 2.05) is 34.6 Å². The van der Waals surface area contributed by atoms with Crippen molar-refractivity contribution in [2.75, 3.05) is 0 Å². The molecule has 1 rings (SSSR count). The molecule has 0 heterocycles. The van der Waals surface area contributed by atoms with E-state index < -0.39 is 0 Å². The maximum absolute atomic E-state index is 11.4. The molecule has 1 aliphatic rings. The molecule has 2 heteroatoms. The van der Waals surface area contributed by atoms with Crippen molar-refractivity contribution in [3.63, 3.8) is 0 Å². The van der Waals surface area contributed by atoms with Crippen LogP contribution in [0.4, 0.5) is 0 Å². The summed E-state index contributed by atoms with van der Waals surface area (Å²) < 4.78 is 5.28. The zero-order valence-corrected chi connectivity index (χ0v) is 10.2. The van der Waals surface area contributed by atoms with Gasteiger partial charge in [-0.25, -0.2) is 0 Å². The number of carbonyl (C=O) groups is 1. The number of hydrogen-bond donors (Lipinski definition) is 0. The van der Waals surface area contributed by atoms with Crippen LogP contribution < -0.4 is 0 Å². The van der Waals surface area contributed by atoms with Gasteiger partial charge >= 0.3 is 5.97 Å². The van der Waals surface area contributed by atoms with Crippen molar-refractivity contribution in [1.82, 2.24) is 0 Å². The third-order valence-electron chi connectivity index (χ3n) is 2.10. The van der Waals surface area contributed by atoms with Crippen molar-refractivity contribution in [2.24, 2.45) is 5.92 Å². The number of esters is 1. The highest BCUT2D eigenvalue weighted by Gasteiger charge is 2.27. The molecule has 1 saturated carbocycles. The topological polar surface area (TPSA) is 26.3 Å². The molecule has 2 nitrogen and oxygen atoms in total. The third-order valence-corrected chi connectivity index (χ3v) is 2.10. The lowest BCUT2D eigenvalue weighted by molar-refractivity contribution is -0.159. The van der Waals surface area contributed by atoms with E-state index in [-0.39, 0.29) is 17.5 Å². The molecule has 1 aliphatic carbocycles. The van der Waals surface area contributed by atoms with Gasteiger partial charge in [0.25, 0.3) is 0 Å². The van der Waals surface area contributed by atoms with Crippen LogP contribution in [-0.2, 0) is 9.53 Å². The molecule has 14 heavy (non-hydrogen) atoms. The van der Waals surface area contributed by atoms with E-state index in [1.54, 1.807) is 0 Å². The fourth-order valence-corrected chi connectivity index (χ4v) is 1.55. The summed E-state index contributed by atoms with van der Waals surface area (Å²) in [5.74, 6) is 0.184. The second-order valence-corrected chi connectivity index (χ2v) is 4.51. The van der Waals surface area contributed by atoms with E-state index in [2.05, 4.69) is 0 Å². The Kier molecular flexibility index (Phi) is 5.82. The Morgan fingerprint density at radius 3 is 1.93 bits per heavy atom. The second-order valence-electron chi connectivity index (χ2n) is 4.51. The van der Waals surface area contributed by atoms with Gasteiger partial charge in [0, 0.05) is 0 Å². The van der Waals surface area contributed by atoms with E-state index in [9.17, 15) is 4.79 Å². The van der Waals surface area contributed by atoms with Crippen LogP contribution in [-0.4, -0.2) is 11.6 Å². The predicted molar refractivity (Wildman–Crippen MR) is 59.2 cm³/mol. The van der Waals surface area contributed by atoms with E-state index in [0.717, 1.165) is 12.8 Å². The Balaban J connectivity index is 0.000000791. The average molecular weight is 200 g/mol. The van der Waals surface area contributed by atoms with Crippen LogP contribution in [0.3, 0.4) is 0 Å². The molecule has 0 aromatic heterocycles. The lowest BCUT2D eigenvalue weighted by atomic mass is 10.1. The Labute approximate surface area is 88.0 Å². The largest absolute Gasteiger partial charge is 0.460 e. The van der Waals surface area contributed by atoms with Gasteiger partial charge in [0.15, 0.2) is 0 Å². The second kappa shape index (κ2) is 6.05. The fraction of sp³-hybridized carbons (Fsp3) is 0.917. The summed E-state index contributed by atoms with van der Waals surface area (Å²) >= 11 is 0. The molecule has 0 aromatic rings. The third kappa shape index (κ3) is 5.25. The summed E-state index contributed by atoms with van der Waals surface area (Å²) in [6, 6.07) is 0. The summed E-state index contributed by atoms with van der Waals surface area (Å²) in [6.07, 6.45) is 4.41. The lowest BCUT2D eigenvalue weighted by Gasteiger charge is -2.21. The van der Waals surface area contributed by atoms with Crippen LogP contribution in [0.1, 0.15) is 60.3 Å². The molecule has 0 aromatic carbocycles. The standard InChI is InChI=1S/C10H18O2.C2H6/c1-10(2,3)12-9(11)8-6-4-5-7-8;1-2/h8H,4-7H2,1-3H3;1-2H3. The van der Waals surface area contributed by atoms with Crippen LogP contribution in [0.15, 0.2) is 0 Å². The van der Waals surface area contributed by atoms with Crippen molar-refractivity contribution < 1.29 is 9.53 Å². The van der Waals surface area contributed by atoms with Crippen molar-refractivity contribution in [3.05, 3.63) is 0 Å².